The molecule has 0 N–H and O–H groups in total. The highest BCUT2D eigenvalue weighted by Crippen LogP contribution is 2.35. The fourth-order valence-electron chi connectivity index (χ4n) is 3.86. The molecule has 2 aliphatic rings. The molecule has 2 aromatic rings. The third-order valence-electron chi connectivity index (χ3n) is 5.09. The second-order valence-electron chi connectivity index (χ2n) is 6.75. The summed E-state index contributed by atoms with van der Waals surface area (Å²) in [5.74, 6) is 1.78. The topological polar surface area (TPSA) is 45.4 Å². The van der Waals surface area contributed by atoms with Gasteiger partial charge in [0.1, 0.15) is 12.1 Å². The Kier molecular flexibility index (Phi) is 3.94. The normalized spacial score (nSPS) is 24.1. The molecule has 0 aromatic carbocycles. The Labute approximate surface area is 143 Å². The highest BCUT2D eigenvalue weighted by Gasteiger charge is 2.42. The van der Waals surface area contributed by atoms with E-state index in [4.69, 9.17) is 4.42 Å². The van der Waals surface area contributed by atoms with Crippen LogP contribution in [0.25, 0.3) is 0 Å². The van der Waals surface area contributed by atoms with Crippen LogP contribution in [-0.2, 0) is 12.7 Å². The van der Waals surface area contributed by atoms with E-state index in [0.29, 0.717) is 23.7 Å². The first-order chi connectivity index (χ1) is 11.9. The van der Waals surface area contributed by atoms with Crippen LogP contribution < -0.4 is 4.90 Å². The van der Waals surface area contributed by atoms with Crippen LogP contribution in [-0.4, -0.2) is 40.5 Å². The van der Waals surface area contributed by atoms with E-state index in [1.54, 1.807) is 6.26 Å². The molecule has 2 unspecified atom stereocenters. The monoisotopic (exact) mass is 352 g/mol. The van der Waals surface area contributed by atoms with Gasteiger partial charge in [0.2, 0.25) is 0 Å². The molecule has 8 heteroatoms. The third kappa shape index (κ3) is 3.22. The maximum Gasteiger partial charge on any atom is 0.417 e. The predicted molar refractivity (Wildman–Crippen MR) is 85.0 cm³/mol. The molecule has 134 valence electrons. The minimum Gasteiger partial charge on any atom is -0.449 e. The second-order valence-corrected chi connectivity index (χ2v) is 6.75. The molecule has 0 spiro atoms. The van der Waals surface area contributed by atoms with Crippen molar-refractivity contribution in [3.63, 3.8) is 0 Å². The molecule has 0 saturated carbocycles. The Morgan fingerprint density at radius 3 is 2.76 bits per heavy atom. The van der Waals surface area contributed by atoms with Gasteiger partial charge in [-0.15, -0.1) is 0 Å². The van der Waals surface area contributed by atoms with Gasteiger partial charge in [0.15, 0.2) is 5.89 Å². The lowest BCUT2D eigenvalue weighted by Crippen LogP contribution is -2.35. The SMILES string of the molecule is Cc1nc(CN2CCC3CN(c4ccc(C(F)(F)F)cn4)CC32)co1. The summed E-state index contributed by atoms with van der Waals surface area (Å²) >= 11 is 0. The summed E-state index contributed by atoms with van der Waals surface area (Å²) in [7, 11) is 0. The Hall–Kier alpha value is -2.09. The zero-order chi connectivity index (χ0) is 17.6. The minimum atomic E-state index is -4.35. The molecule has 0 aliphatic carbocycles. The van der Waals surface area contributed by atoms with Crippen molar-refractivity contribution in [2.24, 2.45) is 5.92 Å². The van der Waals surface area contributed by atoms with Gasteiger partial charge in [-0.05, 0) is 31.0 Å². The van der Waals surface area contributed by atoms with Gasteiger partial charge in [-0.2, -0.15) is 13.2 Å². The highest BCUT2D eigenvalue weighted by atomic mass is 19.4. The summed E-state index contributed by atoms with van der Waals surface area (Å²) in [5.41, 5.74) is 0.211. The van der Waals surface area contributed by atoms with E-state index in [2.05, 4.69) is 19.8 Å². The Morgan fingerprint density at radius 1 is 1.28 bits per heavy atom. The number of oxazole rings is 1. The zero-order valence-electron chi connectivity index (χ0n) is 13.8. The number of fused-ring (bicyclic) bond motifs is 1. The number of nitrogens with zero attached hydrogens (tertiary/aromatic N) is 4. The lowest BCUT2D eigenvalue weighted by molar-refractivity contribution is -0.137. The smallest absolute Gasteiger partial charge is 0.417 e. The maximum atomic E-state index is 12.7. The number of aromatic nitrogens is 2. The summed E-state index contributed by atoms with van der Waals surface area (Å²) in [4.78, 5) is 12.8. The lowest BCUT2D eigenvalue weighted by Gasteiger charge is -2.24. The first-order valence-corrected chi connectivity index (χ1v) is 8.33. The van der Waals surface area contributed by atoms with E-state index in [1.165, 1.54) is 6.07 Å². The molecule has 2 saturated heterocycles. The molecular formula is C17H19F3N4O. The van der Waals surface area contributed by atoms with Crippen molar-refractivity contribution < 1.29 is 17.6 Å². The Balaban J connectivity index is 1.44. The second kappa shape index (κ2) is 6.01. The number of aryl methyl sites for hydroxylation is 1. The van der Waals surface area contributed by atoms with Crippen molar-refractivity contribution in [1.29, 1.82) is 0 Å². The van der Waals surface area contributed by atoms with Crippen molar-refractivity contribution in [3.8, 4) is 0 Å². The van der Waals surface area contributed by atoms with Crippen molar-refractivity contribution in [2.45, 2.75) is 32.1 Å². The quantitative estimate of drug-likeness (QED) is 0.849. The van der Waals surface area contributed by atoms with Gasteiger partial charge >= 0.3 is 6.18 Å². The Bertz CT molecular complexity index is 743. The zero-order valence-corrected chi connectivity index (χ0v) is 13.8. The van der Waals surface area contributed by atoms with Gasteiger partial charge < -0.3 is 9.32 Å². The molecule has 4 rings (SSSR count). The van der Waals surface area contributed by atoms with Crippen LogP contribution in [0, 0.1) is 12.8 Å². The van der Waals surface area contributed by atoms with Gasteiger partial charge in [0, 0.05) is 38.8 Å². The number of likely N-dealkylation sites (tertiary alicyclic amines) is 1. The molecule has 5 nitrogen and oxygen atoms in total. The van der Waals surface area contributed by atoms with E-state index in [1.807, 2.05) is 6.92 Å². The van der Waals surface area contributed by atoms with Gasteiger partial charge in [0.25, 0.3) is 0 Å². The number of anilines is 1. The molecule has 0 bridgehead atoms. The summed E-state index contributed by atoms with van der Waals surface area (Å²) in [6.45, 7) is 5.18. The standard InChI is InChI=1S/C17H19F3N4O/c1-11-22-14(10-25-11)8-23-5-4-12-7-24(9-15(12)23)16-3-2-13(6-21-16)17(18,19)20/h2-3,6,10,12,15H,4-5,7-9H2,1H3. The van der Waals surface area contributed by atoms with Crippen LogP contribution in [0.15, 0.2) is 29.0 Å². The van der Waals surface area contributed by atoms with E-state index < -0.39 is 11.7 Å². The molecule has 0 radical (unpaired) electrons. The lowest BCUT2D eigenvalue weighted by atomic mass is 10.1. The molecule has 4 heterocycles. The molecule has 2 atom stereocenters. The van der Waals surface area contributed by atoms with Gasteiger partial charge in [0.05, 0.1) is 11.3 Å². The fourth-order valence-corrected chi connectivity index (χ4v) is 3.86. The number of pyridine rings is 1. The molecule has 2 aliphatic heterocycles. The highest BCUT2D eigenvalue weighted by molar-refractivity contribution is 5.42. The average Bonchev–Trinajstić information content (AvgIpc) is 3.24. The largest absolute Gasteiger partial charge is 0.449 e. The summed E-state index contributed by atoms with van der Waals surface area (Å²) in [5, 5.41) is 0. The van der Waals surface area contributed by atoms with Crippen LogP contribution >= 0.6 is 0 Å². The van der Waals surface area contributed by atoms with Crippen molar-refractivity contribution in [3.05, 3.63) is 41.7 Å². The predicted octanol–water partition coefficient (Wildman–Crippen LogP) is 3.11. The van der Waals surface area contributed by atoms with Gasteiger partial charge in [-0.25, -0.2) is 9.97 Å². The van der Waals surface area contributed by atoms with Crippen LogP contribution in [0.5, 0.6) is 0 Å². The van der Waals surface area contributed by atoms with Crippen LogP contribution in [0.2, 0.25) is 0 Å². The average molecular weight is 352 g/mol. The molecule has 2 fully saturated rings. The summed E-state index contributed by atoms with van der Waals surface area (Å²) in [6, 6.07) is 2.95. The third-order valence-corrected chi connectivity index (χ3v) is 5.09. The van der Waals surface area contributed by atoms with E-state index in [0.717, 1.165) is 50.6 Å². The first-order valence-electron chi connectivity index (χ1n) is 8.33. The number of hydrogen-bond donors (Lipinski definition) is 0. The molecular weight excluding hydrogens is 333 g/mol. The molecule has 25 heavy (non-hydrogen) atoms. The van der Waals surface area contributed by atoms with Gasteiger partial charge in [-0.1, -0.05) is 0 Å². The minimum absolute atomic E-state index is 0.376. The number of rotatable bonds is 3. The van der Waals surface area contributed by atoms with E-state index >= 15 is 0 Å². The van der Waals surface area contributed by atoms with Crippen LogP contribution in [0.4, 0.5) is 19.0 Å². The van der Waals surface area contributed by atoms with E-state index in [9.17, 15) is 13.2 Å². The van der Waals surface area contributed by atoms with Crippen molar-refractivity contribution in [1.82, 2.24) is 14.9 Å². The van der Waals surface area contributed by atoms with Crippen LogP contribution in [0.3, 0.4) is 0 Å². The van der Waals surface area contributed by atoms with Crippen LogP contribution in [0.1, 0.15) is 23.6 Å². The number of alkyl halides is 3. The maximum absolute atomic E-state index is 12.7. The summed E-state index contributed by atoms with van der Waals surface area (Å²) < 4.78 is 43.3. The van der Waals surface area contributed by atoms with Crippen molar-refractivity contribution in [2.75, 3.05) is 24.5 Å². The molecule has 2 aromatic heterocycles. The van der Waals surface area contributed by atoms with Crippen molar-refractivity contribution >= 4 is 5.82 Å². The van der Waals surface area contributed by atoms with Gasteiger partial charge in [-0.3, -0.25) is 4.90 Å². The number of hydrogen-bond acceptors (Lipinski definition) is 5. The molecule has 0 amide bonds. The Morgan fingerprint density at radius 2 is 2.12 bits per heavy atom. The number of halogens is 3. The fraction of sp³-hybridized carbons (Fsp3) is 0.529. The first kappa shape index (κ1) is 16.4. The summed E-state index contributed by atoms with van der Waals surface area (Å²) in [6.07, 6.45) is -0.662. The van der Waals surface area contributed by atoms with E-state index in [-0.39, 0.29) is 0 Å².